The molecule has 0 fully saturated rings. The van der Waals surface area contributed by atoms with Gasteiger partial charge in [0.15, 0.2) is 0 Å². The van der Waals surface area contributed by atoms with Crippen molar-refractivity contribution < 1.29 is 0 Å². The first-order valence-electron chi connectivity index (χ1n) is 5.05. The molecule has 0 aromatic rings. The molecule has 0 nitrogen and oxygen atoms in total. The van der Waals surface area contributed by atoms with E-state index >= 15 is 0 Å². The standard InChI is InChI=1S/C13H22/c1-7-11(5)9-12(6)13(8-2)10(3)4/h9H,3,7-8H2,1-2,4-6H3/b11-9-,13-12-. The Balaban J connectivity index is 4.87. The second kappa shape index (κ2) is 5.80. The minimum atomic E-state index is 1.08. The molecule has 0 aliphatic rings. The van der Waals surface area contributed by atoms with Crippen LogP contribution in [0, 0.1) is 0 Å². The SMILES string of the molecule is C=C(C)/C(CC)=C(C)\C=C(\C)CC. The number of hydrogen-bond donors (Lipinski definition) is 0. The normalized spacial score (nSPS) is 14.1. The zero-order valence-corrected chi connectivity index (χ0v) is 9.70. The Morgan fingerprint density at radius 1 is 1.08 bits per heavy atom. The van der Waals surface area contributed by atoms with Crippen LogP contribution < -0.4 is 0 Å². The quantitative estimate of drug-likeness (QED) is 0.550. The summed E-state index contributed by atoms with van der Waals surface area (Å²) in [4.78, 5) is 0. The monoisotopic (exact) mass is 178 g/mol. The van der Waals surface area contributed by atoms with E-state index in [1.165, 1.54) is 22.3 Å². The highest BCUT2D eigenvalue weighted by molar-refractivity contribution is 5.37. The average molecular weight is 178 g/mol. The molecule has 0 amide bonds. The van der Waals surface area contributed by atoms with Crippen LogP contribution in [0.5, 0.6) is 0 Å². The zero-order valence-electron chi connectivity index (χ0n) is 9.70. The molecule has 0 unspecified atom stereocenters. The van der Waals surface area contributed by atoms with E-state index in [0.717, 1.165) is 12.8 Å². The summed E-state index contributed by atoms with van der Waals surface area (Å²) in [7, 11) is 0. The third kappa shape index (κ3) is 4.12. The lowest BCUT2D eigenvalue weighted by molar-refractivity contribution is 1.06. The maximum atomic E-state index is 3.99. The Hall–Kier alpha value is -0.780. The van der Waals surface area contributed by atoms with Gasteiger partial charge in [-0.2, -0.15) is 0 Å². The summed E-state index contributed by atoms with van der Waals surface area (Å²) in [6.45, 7) is 14.8. The molecular weight excluding hydrogens is 156 g/mol. The van der Waals surface area contributed by atoms with E-state index in [1.54, 1.807) is 0 Å². The van der Waals surface area contributed by atoms with Gasteiger partial charge in [0.05, 0.1) is 0 Å². The van der Waals surface area contributed by atoms with Gasteiger partial charge in [-0.3, -0.25) is 0 Å². The van der Waals surface area contributed by atoms with Crippen LogP contribution in [0.2, 0.25) is 0 Å². The molecule has 0 radical (unpaired) electrons. The smallest absolute Gasteiger partial charge is 0.0302 e. The largest absolute Gasteiger partial charge is 0.0958 e. The molecule has 0 heterocycles. The van der Waals surface area contributed by atoms with Crippen LogP contribution in [0.4, 0.5) is 0 Å². The van der Waals surface area contributed by atoms with Gasteiger partial charge >= 0.3 is 0 Å². The topological polar surface area (TPSA) is 0 Å². The van der Waals surface area contributed by atoms with Gasteiger partial charge in [0.2, 0.25) is 0 Å². The number of hydrogen-bond acceptors (Lipinski definition) is 0. The summed E-state index contributed by atoms with van der Waals surface area (Å²) in [5.74, 6) is 0. The van der Waals surface area contributed by atoms with Crippen molar-refractivity contribution >= 4 is 0 Å². The molecule has 0 aliphatic carbocycles. The predicted molar refractivity (Wildman–Crippen MR) is 61.9 cm³/mol. The Labute approximate surface area is 83.0 Å². The second-order valence-corrected chi connectivity index (χ2v) is 3.64. The molecule has 0 bridgehead atoms. The molecule has 0 atom stereocenters. The summed E-state index contributed by atoms with van der Waals surface area (Å²) in [5, 5.41) is 0. The fourth-order valence-electron chi connectivity index (χ4n) is 1.48. The van der Waals surface area contributed by atoms with E-state index in [-0.39, 0.29) is 0 Å². The van der Waals surface area contributed by atoms with E-state index in [9.17, 15) is 0 Å². The molecule has 0 aromatic heterocycles. The van der Waals surface area contributed by atoms with Crippen LogP contribution in [0.15, 0.2) is 34.9 Å². The lowest BCUT2D eigenvalue weighted by Gasteiger charge is -2.07. The van der Waals surface area contributed by atoms with Crippen LogP contribution in [0.3, 0.4) is 0 Å². The maximum Gasteiger partial charge on any atom is -0.0302 e. The van der Waals surface area contributed by atoms with Crippen LogP contribution >= 0.6 is 0 Å². The third-order valence-corrected chi connectivity index (χ3v) is 2.37. The molecule has 0 saturated heterocycles. The van der Waals surface area contributed by atoms with Gasteiger partial charge in [0.1, 0.15) is 0 Å². The van der Waals surface area contributed by atoms with Crippen molar-refractivity contribution in [3.05, 3.63) is 34.9 Å². The predicted octanol–water partition coefficient (Wildman–Crippen LogP) is 4.65. The summed E-state index contributed by atoms with van der Waals surface area (Å²) >= 11 is 0. The second-order valence-electron chi connectivity index (χ2n) is 3.64. The van der Waals surface area contributed by atoms with Gasteiger partial charge in [0, 0.05) is 0 Å². The fourth-order valence-corrected chi connectivity index (χ4v) is 1.48. The number of allylic oxidation sites excluding steroid dienone is 5. The fraction of sp³-hybridized carbons (Fsp3) is 0.538. The van der Waals surface area contributed by atoms with Gasteiger partial charge in [-0.25, -0.2) is 0 Å². The Morgan fingerprint density at radius 3 is 1.92 bits per heavy atom. The maximum absolute atomic E-state index is 3.99. The van der Waals surface area contributed by atoms with E-state index in [0.29, 0.717) is 0 Å². The minimum absolute atomic E-state index is 1.08. The molecule has 0 N–H and O–H groups in total. The van der Waals surface area contributed by atoms with Gasteiger partial charge < -0.3 is 0 Å². The number of rotatable bonds is 4. The molecule has 13 heavy (non-hydrogen) atoms. The Bertz CT molecular complexity index is 239. The van der Waals surface area contributed by atoms with Crippen molar-refractivity contribution in [1.29, 1.82) is 0 Å². The van der Waals surface area contributed by atoms with Gasteiger partial charge in [0.25, 0.3) is 0 Å². The van der Waals surface area contributed by atoms with Gasteiger partial charge in [-0.1, -0.05) is 37.6 Å². The van der Waals surface area contributed by atoms with Crippen LogP contribution in [-0.4, -0.2) is 0 Å². The van der Waals surface area contributed by atoms with Crippen molar-refractivity contribution in [2.24, 2.45) is 0 Å². The lowest BCUT2D eigenvalue weighted by atomic mass is 9.99. The van der Waals surface area contributed by atoms with Crippen LogP contribution in [0.25, 0.3) is 0 Å². The van der Waals surface area contributed by atoms with Gasteiger partial charge in [-0.15, -0.1) is 0 Å². The molecule has 0 saturated carbocycles. The zero-order chi connectivity index (χ0) is 10.4. The Morgan fingerprint density at radius 2 is 1.62 bits per heavy atom. The first-order chi connectivity index (χ1) is 6.02. The van der Waals surface area contributed by atoms with E-state index in [2.05, 4.69) is 47.3 Å². The molecule has 0 aliphatic heterocycles. The van der Waals surface area contributed by atoms with Gasteiger partial charge in [-0.05, 0) is 44.8 Å². The van der Waals surface area contributed by atoms with Crippen molar-refractivity contribution in [3.63, 3.8) is 0 Å². The Kier molecular flexibility index (Phi) is 5.45. The molecular formula is C13H22. The summed E-state index contributed by atoms with van der Waals surface area (Å²) < 4.78 is 0. The van der Waals surface area contributed by atoms with Crippen molar-refractivity contribution in [1.82, 2.24) is 0 Å². The van der Waals surface area contributed by atoms with Crippen LogP contribution in [0.1, 0.15) is 47.5 Å². The first kappa shape index (κ1) is 12.2. The van der Waals surface area contributed by atoms with E-state index < -0.39 is 0 Å². The minimum Gasteiger partial charge on any atom is -0.0958 e. The average Bonchev–Trinajstić information content (AvgIpc) is 2.04. The summed E-state index contributed by atoms with van der Waals surface area (Å²) in [5.41, 5.74) is 5.40. The first-order valence-corrected chi connectivity index (χ1v) is 5.05. The van der Waals surface area contributed by atoms with Crippen molar-refractivity contribution in [2.45, 2.75) is 47.5 Å². The third-order valence-electron chi connectivity index (χ3n) is 2.37. The van der Waals surface area contributed by atoms with Crippen LogP contribution in [-0.2, 0) is 0 Å². The molecule has 0 aromatic carbocycles. The summed E-state index contributed by atoms with van der Waals surface area (Å²) in [6.07, 6.45) is 4.48. The molecule has 0 spiro atoms. The molecule has 0 heteroatoms. The molecule has 0 rings (SSSR count). The highest BCUT2D eigenvalue weighted by Gasteiger charge is 1.98. The van der Waals surface area contributed by atoms with E-state index in [4.69, 9.17) is 0 Å². The lowest BCUT2D eigenvalue weighted by Crippen LogP contribution is -1.87. The molecule has 74 valence electrons. The summed E-state index contributed by atoms with van der Waals surface area (Å²) in [6, 6.07) is 0. The van der Waals surface area contributed by atoms with Crippen molar-refractivity contribution in [2.75, 3.05) is 0 Å². The van der Waals surface area contributed by atoms with E-state index in [1.807, 2.05) is 0 Å². The highest BCUT2D eigenvalue weighted by atomic mass is 14.0. The highest BCUT2D eigenvalue weighted by Crippen LogP contribution is 2.18. The van der Waals surface area contributed by atoms with Crippen molar-refractivity contribution in [3.8, 4) is 0 Å².